The third-order valence-electron chi connectivity index (χ3n) is 4.69. The van der Waals surface area contributed by atoms with Gasteiger partial charge >= 0.3 is 0 Å². The summed E-state index contributed by atoms with van der Waals surface area (Å²) in [5.41, 5.74) is 2.30. The Morgan fingerprint density at radius 3 is 2.86 bits per heavy atom. The highest BCUT2D eigenvalue weighted by atomic mass is 32.1. The fraction of sp³-hybridized carbons (Fsp3) is 0.400. The number of hydrogen-bond donors (Lipinski definition) is 1. The number of anilines is 1. The predicted molar refractivity (Wildman–Crippen MR) is 109 cm³/mol. The van der Waals surface area contributed by atoms with Crippen LogP contribution in [0.15, 0.2) is 24.4 Å². The van der Waals surface area contributed by atoms with E-state index in [1.807, 2.05) is 20.0 Å². The molecule has 0 aromatic carbocycles. The number of rotatable bonds is 8. The molecule has 150 valence electrons. The number of carbonyl (C=O) groups excluding carboxylic acids is 1. The molecule has 1 fully saturated rings. The zero-order valence-electron chi connectivity index (χ0n) is 16.5. The van der Waals surface area contributed by atoms with Gasteiger partial charge in [0.1, 0.15) is 16.6 Å². The minimum absolute atomic E-state index is 0.0819. The van der Waals surface area contributed by atoms with Crippen LogP contribution in [0.1, 0.15) is 51.2 Å². The second-order valence-electron chi connectivity index (χ2n) is 7.22. The average Bonchev–Trinajstić information content (AvgIpc) is 3.30. The molecule has 0 amide bonds. The van der Waals surface area contributed by atoms with E-state index in [9.17, 15) is 4.79 Å². The van der Waals surface area contributed by atoms with Gasteiger partial charge in [0.15, 0.2) is 10.8 Å². The third kappa shape index (κ3) is 4.92. The number of aryl methyl sites for hydroxylation is 2. The zero-order valence-corrected chi connectivity index (χ0v) is 17.4. The lowest BCUT2D eigenvalue weighted by Gasteiger charge is -2.09. The van der Waals surface area contributed by atoms with Gasteiger partial charge in [-0.05, 0) is 31.9 Å². The fourth-order valence-electron chi connectivity index (χ4n) is 3.02. The van der Waals surface area contributed by atoms with Gasteiger partial charge in [-0.2, -0.15) is 4.98 Å². The molecule has 1 aliphatic rings. The lowest BCUT2D eigenvalue weighted by Crippen LogP contribution is -2.07. The van der Waals surface area contributed by atoms with Crippen molar-refractivity contribution in [1.29, 1.82) is 0 Å². The number of nitrogens with one attached hydrogen (secondary N) is 1. The van der Waals surface area contributed by atoms with Gasteiger partial charge in [0.2, 0.25) is 5.88 Å². The van der Waals surface area contributed by atoms with Gasteiger partial charge in [-0.1, -0.05) is 17.4 Å². The average molecular weight is 411 g/mol. The Hall–Kier alpha value is -2.94. The molecular formula is C20H22N6O2S. The third-order valence-corrected chi connectivity index (χ3v) is 5.71. The lowest BCUT2D eigenvalue weighted by atomic mass is 10.2. The van der Waals surface area contributed by atoms with Crippen LogP contribution in [0, 0.1) is 19.8 Å². The highest BCUT2D eigenvalue weighted by Crippen LogP contribution is 2.46. The van der Waals surface area contributed by atoms with Gasteiger partial charge in [-0.3, -0.25) is 9.78 Å². The molecule has 0 saturated heterocycles. The molecular weight excluding hydrogens is 388 g/mol. The van der Waals surface area contributed by atoms with E-state index in [0.29, 0.717) is 47.5 Å². The molecule has 2 atom stereocenters. The maximum atomic E-state index is 11.3. The highest BCUT2D eigenvalue weighted by molar-refractivity contribution is 7.13. The van der Waals surface area contributed by atoms with Gasteiger partial charge in [0.05, 0.1) is 13.2 Å². The Labute approximate surface area is 172 Å². The van der Waals surface area contributed by atoms with E-state index in [2.05, 4.69) is 42.6 Å². The van der Waals surface area contributed by atoms with E-state index >= 15 is 0 Å². The largest absolute Gasteiger partial charge is 0.477 e. The topological polar surface area (TPSA) is 103 Å². The molecule has 1 unspecified atom stereocenters. The molecule has 0 radical (unpaired) electrons. The summed E-state index contributed by atoms with van der Waals surface area (Å²) in [5, 5.41) is 12.2. The minimum Gasteiger partial charge on any atom is -0.477 e. The van der Waals surface area contributed by atoms with E-state index < -0.39 is 0 Å². The van der Waals surface area contributed by atoms with Crippen molar-refractivity contribution in [2.75, 3.05) is 11.9 Å². The van der Waals surface area contributed by atoms with Crippen molar-refractivity contribution in [3.05, 3.63) is 51.5 Å². The maximum Gasteiger partial charge on any atom is 0.218 e. The maximum absolute atomic E-state index is 11.3. The molecule has 1 aliphatic carbocycles. The monoisotopic (exact) mass is 410 g/mol. The second kappa shape index (κ2) is 8.20. The van der Waals surface area contributed by atoms with Gasteiger partial charge in [-0.25, -0.2) is 4.98 Å². The molecule has 1 saturated carbocycles. The van der Waals surface area contributed by atoms with Crippen LogP contribution in [0.3, 0.4) is 0 Å². The Bertz CT molecular complexity index is 1020. The van der Waals surface area contributed by atoms with Crippen LogP contribution in [-0.2, 0) is 6.54 Å². The summed E-state index contributed by atoms with van der Waals surface area (Å²) in [6.07, 6.45) is 3.00. The first-order valence-corrected chi connectivity index (χ1v) is 10.3. The van der Waals surface area contributed by atoms with E-state index in [4.69, 9.17) is 4.74 Å². The minimum atomic E-state index is -0.0819. The van der Waals surface area contributed by atoms with Crippen LogP contribution < -0.4 is 10.1 Å². The van der Waals surface area contributed by atoms with Gasteiger partial charge in [-0.15, -0.1) is 10.2 Å². The molecule has 3 aromatic heterocycles. The molecule has 29 heavy (non-hydrogen) atoms. The predicted octanol–water partition coefficient (Wildman–Crippen LogP) is 3.34. The molecule has 0 bridgehead atoms. The molecule has 0 aliphatic heterocycles. The number of ketones is 1. The summed E-state index contributed by atoms with van der Waals surface area (Å²) in [7, 11) is 0. The smallest absolute Gasteiger partial charge is 0.218 e. The van der Waals surface area contributed by atoms with Crippen LogP contribution in [0.5, 0.6) is 5.88 Å². The number of Topliss-reactive ketones (excluding diaryl/α,β-unsaturated/α-hetero) is 1. The van der Waals surface area contributed by atoms with E-state index in [-0.39, 0.29) is 5.78 Å². The van der Waals surface area contributed by atoms with Crippen molar-refractivity contribution in [3.63, 3.8) is 0 Å². The highest BCUT2D eigenvalue weighted by Gasteiger charge is 2.40. The van der Waals surface area contributed by atoms with Crippen molar-refractivity contribution >= 4 is 22.9 Å². The van der Waals surface area contributed by atoms with Crippen LogP contribution in [0.25, 0.3) is 0 Å². The summed E-state index contributed by atoms with van der Waals surface area (Å²) >= 11 is 1.28. The van der Waals surface area contributed by atoms with E-state index in [1.54, 1.807) is 6.07 Å². The number of hydrogen-bond acceptors (Lipinski definition) is 9. The normalized spacial score (nSPS) is 17.8. The van der Waals surface area contributed by atoms with Crippen molar-refractivity contribution < 1.29 is 9.53 Å². The van der Waals surface area contributed by atoms with Gasteiger partial charge < -0.3 is 10.1 Å². The number of pyridine rings is 1. The van der Waals surface area contributed by atoms with Crippen molar-refractivity contribution in [1.82, 2.24) is 25.1 Å². The number of ether oxygens (including phenoxy) is 1. The first-order valence-electron chi connectivity index (χ1n) is 9.46. The van der Waals surface area contributed by atoms with Crippen LogP contribution in [0.4, 0.5) is 5.82 Å². The lowest BCUT2D eigenvalue weighted by molar-refractivity contribution is 0.101. The fourth-order valence-corrected chi connectivity index (χ4v) is 3.70. The molecule has 3 heterocycles. The van der Waals surface area contributed by atoms with E-state index in [1.165, 1.54) is 23.8 Å². The summed E-state index contributed by atoms with van der Waals surface area (Å²) in [6.45, 7) is 6.39. The summed E-state index contributed by atoms with van der Waals surface area (Å²) in [5.74, 6) is 2.66. The molecule has 0 spiro atoms. The molecule has 3 aromatic rings. The summed E-state index contributed by atoms with van der Waals surface area (Å²) in [4.78, 5) is 24.6. The quantitative estimate of drug-likeness (QED) is 0.564. The van der Waals surface area contributed by atoms with Gasteiger partial charge in [0.25, 0.3) is 0 Å². The Morgan fingerprint density at radius 1 is 1.28 bits per heavy atom. The Balaban J connectivity index is 1.32. The SMILES string of the molecule is CC(=O)c1nnc(CNc2cc(OC[C@H]3CC3c3ccc(C)cn3)nc(C)n2)s1. The van der Waals surface area contributed by atoms with Crippen molar-refractivity contribution in [2.24, 2.45) is 5.92 Å². The van der Waals surface area contributed by atoms with Crippen LogP contribution in [-0.4, -0.2) is 37.5 Å². The standard InChI is InChI=1S/C20H22N6O2S/c1-11-4-5-16(21-8-11)15-6-14(15)10-28-18-7-17(23-13(3)24-18)22-9-19-25-26-20(29-19)12(2)27/h4-5,7-8,14-15H,6,9-10H2,1-3H3,(H,22,23,24)/t14-,15?/m1/s1. The van der Waals surface area contributed by atoms with Gasteiger partial charge in [0, 0.05) is 36.7 Å². The second-order valence-corrected chi connectivity index (χ2v) is 8.29. The summed E-state index contributed by atoms with van der Waals surface area (Å²) in [6, 6.07) is 5.98. The van der Waals surface area contributed by atoms with Crippen LogP contribution >= 0.6 is 11.3 Å². The number of nitrogens with zero attached hydrogens (tertiary/aromatic N) is 5. The number of carbonyl (C=O) groups is 1. The number of aromatic nitrogens is 5. The molecule has 9 heteroatoms. The first kappa shape index (κ1) is 19.4. The zero-order chi connectivity index (χ0) is 20.4. The van der Waals surface area contributed by atoms with Crippen molar-refractivity contribution in [3.8, 4) is 5.88 Å². The Morgan fingerprint density at radius 2 is 2.14 bits per heavy atom. The first-order chi connectivity index (χ1) is 14.0. The van der Waals surface area contributed by atoms with E-state index in [0.717, 1.165) is 17.1 Å². The summed E-state index contributed by atoms with van der Waals surface area (Å²) < 4.78 is 5.93. The molecule has 1 N–H and O–H groups in total. The van der Waals surface area contributed by atoms with Crippen LogP contribution in [0.2, 0.25) is 0 Å². The Kier molecular flexibility index (Phi) is 5.48. The molecule has 4 rings (SSSR count). The van der Waals surface area contributed by atoms with Crippen molar-refractivity contribution in [2.45, 2.75) is 39.7 Å². The molecule has 8 nitrogen and oxygen atoms in total.